The van der Waals surface area contributed by atoms with Gasteiger partial charge in [-0.05, 0) is 9.91 Å². The lowest BCUT2D eigenvalue weighted by Gasteiger charge is -1.95. The van der Waals surface area contributed by atoms with Crippen LogP contribution in [0.3, 0.4) is 0 Å². The summed E-state index contributed by atoms with van der Waals surface area (Å²) >= 11 is 2.65. The molecule has 0 aromatic carbocycles. The third-order valence-electron chi connectivity index (χ3n) is 1.07. The number of hydrogen-bond donors (Lipinski definition) is 1. The first-order valence-electron chi connectivity index (χ1n) is 2.71. The summed E-state index contributed by atoms with van der Waals surface area (Å²) in [6, 6.07) is 0.620. The van der Waals surface area contributed by atoms with Crippen LogP contribution in [0.5, 0.6) is 5.75 Å². The fourth-order valence-corrected chi connectivity index (χ4v) is 0.865. The van der Waals surface area contributed by atoms with E-state index in [0.717, 1.165) is 0 Å². The van der Waals surface area contributed by atoms with E-state index in [2.05, 4.69) is 20.9 Å². The molecule has 1 aromatic heterocycles. The Kier molecular flexibility index (Phi) is 2.22. The van der Waals surface area contributed by atoms with E-state index in [4.69, 9.17) is 5.11 Å². The van der Waals surface area contributed by atoms with Crippen molar-refractivity contribution in [2.75, 3.05) is 0 Å². The highest BCUT2D eigenvalue weighted by Gasteiger charge is 2.19. The van der Waals surface area contributed by atoms with E-state index in [-0.39, 0.29) is 4.60 Å². The van der Waals surface area contributed by atoms with Crippen LogP contribution in [0.2, 0.25) is 0 Å². The van der Waals surface area contributed by atoms with Gasteiger partial charge in [0, 0.05) is 22.0 Å². The van der Waals surface area contributed by atoms with E-state index < -0.39 is 22.3 Å². The molecule has 12 heavy (non-hydrogen) atoms. The molecule has 0 spiro atoms. The van der Waals surface area contributed by atoms with Crippen LogP contribution in [0.4, 0.5) is 10.2 Å². The van der Waals surface area contributed by atoms with Crippen molar-refractivity contribution in [3.05, 3.63) is 26.6 Å². The third-order valence-corrected chi connectivity index (χ3v) is 1.62. The second kappa shape index (κ2) is 3.02. The zero-order chi connectivity index (χ0) is 9.30. The molecule has 0 radical (unpaired) electrons. The first-order chi connectivity index (χ1) is 5.52. The molecule has 0 amide bonds. The van der Waals surface area contributed by atoms with Gasteiger partial charge in [-0.1, -0.05) is 0 Å². The molecule has 0 saturated carbocycles. The monoisotopic (exact) mass is 236 g/mol. The largest absolute Gasteiger partial charge is 0.501 e. The van der Waals surface area contributed by atoms with Gasteiger partial charge in [-0.3, -0.25) is 0 Å². The molecule has 0 atom stereocenters. The van der Waals surface area contributed by atoms with E-state index >= 15 is 0 Å². The van der Waals surface area contributed by atoms with E-state index in [0.29, 0.717) is 6.07 Å². The minimum Gasteiger partial charge on any atom is -0.501 e. The highest BCUT2D eigenvalue weighted by Crippen LogP contribution is 2.27. The fraction of sp³-hybridized carbons (Fsp3) is 0. The van der Waals surface area contributed by atoms with Crippen molar-refractivity contribution in [3.8, 4) is 5.75 Å². The van der Waals surface area contributed by atoms with Gasteiger partial charge in [-0.2, -0.15) is 0 Å². The zero-order valence-corrected chi connectivity index (χ0v) is 7.08. The van der Waals surface area contributed by atoms with Gasteiger partial charge in [-0.25, -0.2) is 4.39 Å². The van der Waals surface area contributed by atoms with Gasteiger partial charge in [0.1, 0.15) is 0 Å². The van der Waals surface area contributed by atoms with Gasteiger partial charge in [0.25, 0.3) is 4.60 Å². The standard InChI is InChI=1S/C5H2BrFN2O3/c6-4-2(7)1-3(10)5(8-4)9(11)12/h1,10H. The van der Waals surface area contributed by atoms with Gasteiger partial charge in [0.2, 0.25) is 5.75 Å². The first-order valence-corrected chi connectivity index (χ1v) is 3.51. The number of aromatic hydroxyl groups is 1. The van der Waals surface area contributed by atoms with Crippen LogP contribution in [-0.4, -0.2) is 15.0 Å². The molecule has 1 heterocycles. The normalized spacial score (nSPS) is 9.83. The molecule has 0 bridgehead atoms. The lowest BCUT2D eigenvalue weighted by Crippen LogP contribution is -1.94. The smallest absolute Gasteiger partial charge is 0.407 e. The van der Waals surface area contributed by atoms with E-state index in [1.165, 1.54) is 0 Å². The maximum absolute atomic E-state index is 12.5. The molecular formula is C5H2BrFN2O3. The summed E-state index contributed by atoms with van der Waals surface area (Å²) in [7, 11) is 0. The van der Waals surface area contributed by atoms with Crippen molar-refractivity contribution in [1.82, 2.24) is 4.98 Å². The van der Waals surface area contributed by atoms with Crippen LogP contribution in [0, 0.1) is 15.9 Å². The van der Waals surface area contributed by atoms with Gasteiger partial charge in [-0.15, -0.1) is 0 Å². The van der Waals surface area contributed by atoms with Crippen molar-refractivity contribution in [3.63, 3.8) is 0 Å². The van der Waals surface area contributed by atoms with Gasteiger partial charge >= 0.3 is 5.82 Å². The van der Waals surface area contributed by atoms with Crippen LogP contribution in [-0.2, 0) is 0 Å². The molecule has 0 aliphatic carbocycles. The lowest BCUT2D eigenvalue weighted by molar-refractivity contribution is -0.390. The summed E-state index contributed by atoms with van der Waals surface area (Å²) in [5.74, 6) is -2.41. The molecule has 1 rings (SSSR count). The van der Waals surface area contributed by atoms with Crippen molar-refractivity contribution >= 4 is 21.7 Å². The maximum atomic E-state index is 12.5. The summed E-state index contributed by atoms with van der Waals surface area (Å²) < 4.78 is 12.2. The molecule has 0 unspecified atom stereocenters. The molecule has 7 heteroatoms. The fourth-order valence-electron chi connectivity index (χ4n) is 0.582. The Labute approximate surface area is 74.1 Å². The summed E-state index contributed by atoms with van der Waals surface area (Å²) in [4.78, 5) is 12.4. The Bertz CT molecular complexity index is 344. The van der Waals surface area contributed by atoms with Crippen LogP contribution >= 0.6 is 15.9 Å². The van der Waals surface area contributed by atoms with Crippen LogP contribution in [0.25, 0.3) is 0 Å². The molecule has 0 aliphatic heterocycles. The second-order valence-electron chi connectivity index (χ2n) is 1.86. The molecular weight excluding hydrogens is 235 g/mol. The Morgan fingerprint density at radius 2 is 2.33 bits per heavy atom. The molecule has 0 aliphatic rings. The zero-order valence-electron chi connectivity index (χ0n) is 5.49. The molecule has 0 saturated heterocycles. The maximum Gasteiger partial charge on any atom is 0.407 e. The average molecular weight is 237 g/mol. The Morgan fingerprint density at radius 1 is 1.75 bits per heavy atom. The second-order valence-corrected chi connectivity index (χ2v) is 2.61. The number of hydrogen-bond acceptors (Lipinski definition) is 4. The molecule has 5 nitrogen and oxygen atoms in total. The summed E-state index contributed by atoms with van der Waals surface area (Å²) in [6.45, 7) is 0. The number of halogens is 2. The number of nitro groups is 1. The minimum atomic E-state index is -0.903. The highest BCUT2D eigenvalue weighted by atomic mass is 79.9. The van der Waals surface area contributed by atoms with Crippen LogP contribution in [0.1, 0.15) is 0 Å². The number of pyridine rings is 1. The SMILES string of the molecule is O=[N+]([O-])c1nc(Br)c(F)cc1O. The Hall–Kier alpha value is -1.24. The number of rotatable bonds is 1. The molecule has 1 N–H and O–H groups in total. The highest BCUT2D eigenvalue weighted by molar-refractivity contribution is 9.10. The van der Waals surface area contributed by atoms with Crippen molar-refractivity contribution < 1.29 is 14.4 Å². The predicted octanol–water partition coefficient (Wildman–Crippen LogP) is 1.60. The van der Waals surface area contributed by atoms with Crippen molar-refractivity contribution in [1.29, 1.82) is 0 Å². The number of nitrogens with zero attached hydrogens (tertiary/aromatic N) is 2. The van der Waals surface area contributed by atoms with Gasteiger partial charge in [0.05, 0.1) is 0 Å². The van der Waals surface area contributed by atoms with E-state index in [9.17, 15) is 14.5 Å². The molecule has 1 aromatic rings. The predicted molar refractivity (Wildman–Crippen MR) is 40.2 cm³/mol. The molecule has 0 fully saturated rings. The van der Waals surface area contributed by atoms with Gasteiger partial charge < -0.3 is 15.2 Å². The Balaban J connectivity index is 3.33. The minimum absolute atomic E-state index is 0.299. The summed E-state index contributed by atoms with van der Waals surface area (Å²) in [5.41, 5.74) is 0. The Morgan fingerprint density at radius 3 is 2.83 bits per heavy atom. The van der Waals surface area contributed by atoms with E-state index in [1.807, 2.05) is 0 Å². The van der Waals surface area contributed by atoms with Crippen molar-refractivity contribution in [2.45, 2.75) is 0 Å². The first kappa shape index (κ1) is 8.85. The number of aromatic nitrogens is 1. The van der Waals surface area contributed by atoms with Crippen LogP contribution in [0.15, 0.2) is 10.7 Å². The topological polar surface area (TPSA) is 76.3 Å². The quantitative estimate of drug-likeness (QED) is 0.457. The summed E-state index contributed by atoms with van der Waals surface area (Å²) in [6.07, 6.45) is 0. The van der Waals surface area contributed by atoms with Crippen molar-refractivity contribution in [2.24, 2.45) is 0 Å². The lowest BCUT2D eigenvalue weighted by atomic mass is 10.4. The van der Waals surface area contributed by atoms with E-state index in [1.54, 1.807) is 0 Å². The molecule has 64 valence electrons. The third kappa shape index (κ3) is 1.50. The average Bonchev–Trinajstić information content (AvgIpc) is 1.96. The summed E-state index contributed by atoms with van der Waals surface area (Å²) in [5, 5.41) is 18.9. The van der Waals surface area contributed by atoms with Gasteiger partial charge in [0.15, 0.2) is 5.82 Å². The van der Waals surface area contributed by atoms with Crippen LogP contribution < -0.4 is 0 Å².